The maximum Gasteiger partial charge on any atom is 0.137 e. The third-order valence-corrected chi connectivity index (χ3v) is 4.78. The average molecular weight is 360 g/mol. The van der Waals surface area contributed by atoms with Gasteiger partial charge in [0.05, 0.1) is 11.8 Å². The number of fused-ring (bicyclic) bond motifs is 1. The van der Waals surface area contributed by atoms with Crippen molar-refractivity contribution >= 4 is 16.9 Å². The molecule has 4 aromatic rings. The van der Waals surface area contributed by atoms with Crippen molar-refractivity contribution in [3.63, 3.8) is 0 Å². The molecule has 5 heteroatoms. The number of anilines is 1. The van der Waals surface area contributed by atoms with Crippen LogP contribution in [0.4, 0.5) is 5.82 Å². The third-order valence-electron chi connectivity index (χ3n) is 4.78. The summed E-state index contributed by atoms with van der Waals surface area (Å²) in [5.74, 6) is 0.883. The maximum absolute atomic E-state index is 10.4. The van der Waals surface area contributed by atoms with E-state index in [-0.39, 0.29) is 1.43 Å². The summed E-state index contributed by atoms with van der Waals surface area (Å²) in [5, 5.41) is 11.4. The second-order valence-electron chi connectivity index (χ2n) is 6.62. The fraction of sp³-hybridized carbons (Fsp3) is 0.182. The Balaban J connectivity index is 0.00000225. The van der Waals surface area contributed by atoms with Crippen LogP contribution >= 0.6 is 0 Å². The molecule has 3 heterocycles. The summed E-state index contributed by atoms with van der Waals surface area (Å²) in [7, 11) is 2.00. The van der Waals surface area contributed by atoms with Crippen LogP contribution in [0.25, 0.3) is 22.3 Å². The van der Waals surface area contributed by atoms with Gasteiger partial charge in [0.15, 0.2) is 0 Å². The molecule has 0 spiro atoms. The van der Waals surface area contributed by atoms with E-state index < -0.39 is 6.10 Å². The van der Waals surface area contributed by atoms with Crippen molar-refractivity contribution in [1.82, 2.24) is 15.0 Å². The second kappa shape index (κ2) is 7.60. The molecule has 2 N–H and O–H groups in total. The first-order valence-corrected chi connectivity index (χ1v) is 9.06. The fourth-order valence-corrected chi connectivity index (χ4v) is 3.24. The van der Waals surface area contributed by atoms with Crippen LogP contribution in [-0.4, -0.2) is 33.7 Å². The zero-order valence-electron chi connectivity index (χ0n) is 15.2. The Labute approximate surface area is 159 Å². The number of benzene rings is 1. The minimum absolute atomic E-state index is 0. The number of hydrogen-bond acceptors (Lipinski definition) is 4. The van der Waals surface area contributed by atoms with Gasteiger partial charge < -0.3 is 15.0 Å². The van der Waals surface area contributed by atoms with Gasteiger partial charge in [0, 0.05) is 38.4 Å². The molecule has 5 nitrogen and oxygen atoms in total. The van der Waals surface area contributed by atoms with E-state index >= 15 is 0 Å². The van der Waals surface area contributed by atoms with E-state index in [9.17, 15) is 5.11 Å². The van der Waals surface area contributed by atoms with Gasteiger partial charge in [0.25, 0.3) is 0 Å². The highest BCUT2D eigenvalue weighted by Crippen LogP contribution is 2.27. The molecule has 0 aliphatic carbocycles. The molecular formula is C22H24N4O. The van der Waals surface area contributed by atoms with Crippen molar-refractivity contribution < 1.29 is 6.53 Å². The van der Waals surface area contributed by atoms with E-state index in [0.717, 1.165) is 33.7 Å². The topological polar surface area (TPSA) is 65.0 Å². The van der Waals surface area contributed by atoms with Crippen LogP contribution in [0.1, 0.15) is 19.5 Å². The zero-order valence-corrected chi connectivity index (χ0v) is 15.2. The molecule has 0 saturated carbocycles. The van der Waals surface area contributed by atoms with E-state index in [4.69, 9.17) is 4.98 Å². The molecule has 1 atom stereocenters. The van der Waals surface area contributed by atoms with E-state index in [1.165, 1.54) is 0 Å². The van der Waals surface area contributed by atoms with E-state index in [1.807, 2.05) is 73.9 Å². The minimum Gasteiger partial charge on any atom is -0.388 e. The Hall–Kier alpha value is -3.18. The normalized spacial score (nSPS) is 12.2. The molecule has 0 fully saturated rings. The number of aliphatic hydroxyl groups excluding tert-OH is 1. The van der Waals surface area contributed by atoms with Crippen molar-refractivity contribution in [2.24, 2.45) is 0 Å². The largest absolute Gasteiger partial charge is 0.388 e. The Kier molecular flexibility index (Phi) is 4.85. The van der Waals surface area contributed by atoms with Gasteiger partial charge in [-0.2, -0.15) is 0 Å². The number of aromatic nitrogens is 3. The molecule has 0 aliphatic heterocycles. The van der Waals surface area contributed by atoms with Gasteiger partial charge in [-0.25, -0.2) is 9.97 Å². The predicted molar refractivity (Wildman–Crippen MR) is 111 cm³/mol. The highest BCUT2D eigenvalue weighted by Gasteiger charge is 2.12. The number of nitrogens with zero attached hydrogens (tertiary/aromatic N) is 3. The number of rotatable bonds is 6. The Bertz CT molecular complexity index is 1030. The lowest BCUT2D eigenvalue weighted by Crippen LogP contribution is -2.21. The van der Waals surface area contributed by atoms with Gasteiger partial charge in [-0.3, -0.25) is 0 Å². The first-order chi connectivity index (χ1) is 13.2. The van der Waals surface area contributed by atoms with Gasteiger partial charge in [-0.05, 0) is 36.2 Å². The van der Waals surface area contributed by atoms with Crippen molar-refractivity contribution in [3.05, 3.63) is 78.6 Å². The summed E-state index contributed by atoms with van der Waals surface area (Å²) in [6.45, 7) is 0.711. The molecule has 0 bridgehead atoms. The summed E-state index contributed by atoms with van der Waals surface area (Å²) >= 11 is 0. The van der Waals surface area contributed by atoms with Crippen molar-refractivity contribution in [1.29, 1.82) is 0 Å². The molecule has 1 unspecified atom stereocenters. The maximum atomic E-state index is 10.4. The van der Waals surface area contributed by atoms with Crippen LogP contribution in [0.2, 0.25) is 0 Å². The third kappa shape index (κ3) is 3.68. The molecule has 138 valence electrons. The molecular weight excluding hydrogens is 336 g/mol. The summed E-state index contributed by atoms with van der Waals surface area (Å²) in [5.41, 5.74) is 3.77. The number of hydrogen-bond donors (Lipinski definition) is 2. The number of pyridine rings is 2. The van der Waals surface area contributed by atoms with Gasteiger partial charge in [0.2, 0.25) is 0 Å². The summed E-state index contributed by atoms with van der Waals surface area (Å²) in [6, 6.07) is 19.8. The number of H-pyrrole nitrogens is 1. The summed E-state index contributed by atoms with van der Waals surface area (Å²) in [4.78, 5) is 14.4. The lowest BCUT2D eigenvalue weighted by Gasteiger charge is -2.21. The lowest BCUT2D eigenvalue weighted by molar-refractivity contribution is 0.170. The summed E-state index contributed by atoms with van der Waals surface area (Å²) < 4.78 is 0. The van der Waals surface area contributed by atoms with Crippen LogP contribution in [0.5, 0.6) is 0 Å². The van der Waals surface area contributed by atoms with Crippen LogP contribution in [0, 0.1) is 0 Å². The number of nitrogens with one attached hydrogen (secondary N) is 1. The van der Waals surface area contributed by atoms with Crippen molar-refractivity contribution in [2.75, 3.05) is 18.5 Å². The minimum atomic E-state index is -0.475. The molecule has 1 aromatic carbocycles. The standard InChI is InChI=1S/C22H22N4O.H2/c1-26(15-12-20(27)16-6-3-2-4-7-16)21-9-5-8-19(25-21)17-10-13-23-22-18(17)11-14-24-22;/h2-11,13-14,20,27H,12,15H2,1H3,(H,23,24);1H. The quantitative estimate of drug-likeness (QED) is 0.534. The molecule has 0 amide bonds. The van der Waals surface area contributed by atoms with E-state index in [1.54, 1.807) is 6.20 Å². The van der Waals surface area contributed by atoms with E-state index in [0.29, 0.717) is 13.0 Å². The van der Waals surface area contributed by atoms with Crippen LogP contribution in [-0.2, 0) is 0 Å². The van der Waals surface area contributed by atoms with Gasteiger partial charge in [-0.15, -0.1) is 0 Å². The van der Waals surface area contributed by atoms with Gasteiger partial charge in [0.1, 0.15) is 11.5 Å². The number of aromatic amines is 1. The van der Waals surface area contributed by atoms with Crippen LogP contribution in [0.3, 0.4) is 0 Å². The van der Waals surface area contributed by atoms with Crippen molar-refractivity contribution in [3.8, 4) is 11.3 Å². The fourth-order valence-electron chi connectivity index (χ4n) is 3.24. The first kappa shape index (κ1) is 17.2. The van der Waals surface area contributed by atoms with Crippen LogP contribution < -0.4 is 4.90 Å². The Morgan fingerprint density at radius 2 is 1.93 bits per heavy atom. The summed E-state index contributed by atoms with van der Waals surface area (Å²) in [6.07, 6.45) is 3.85. The zero-order chi connectivity index (χ0) is 18.6. The predicted octanol–water partition coefficient (Wildman–Crippen LogP) is 4.43. The SMILES string of the molecule is CN(CCC(O)c1ccccc1)c1cccc(-c2ccnc3[nH]ccc23)n1.[HH]. The second-order valence-corrected chi connectivity index (χ2v) is 6.62. The average Bonchev–Trinajstić information content (AvgIpc) is 3.21. The smallest absolute Gasteiger partial charge is 0.137 e. The van der Waals surface area contributed by atoms with Gasteiger partial charge in [-0.1, -0.05) is 36.4 Å². The molecule has 0 saturated heterocycles. The van der Waals surface area contributed by atoms with Crippen molar-refractivity contribution in [2.45, 2.75) is 12.5 Å². The molecule has 0 aliphatic rings. The first-order valence-electron chi connectivity index (χ1n) is 9.06. The Morgan fingerprint density at radius 3 is 2.78 bits per heavy atom. The number of aliphatic hydroxyl groups is 1. The molecule has 3 aromatic heterocycles. The van der Waals surface area contributed by atoms with E-state index in [2.05, 4.69) is 14.9 Å². The highest BCUT2D eigenvalue weighted by molar-refractivity contribution is 5.91. The van der Waals surface area contributed by atoms with Crippen LogP contribution in [0.15, 0.2) is 73.1 Å². The van der Waals surface area contributed by atoms with Gasteiger partial charge >= 0.3 is 0 Å². The highest BCUT2D eigenvalue weighted by atomic mass is 16.3. The monoisotopic (exact) mass is 360 g/mol. The lowest BCUT2D eigenvalue weighted by atomic mass is 10.1. The molecule has 0 radical (unpaired) electrons. The molecule has 4 rings (SSSR count). The molecule has 27 heavy (non-hydrogen) atoms. The Morgan fingerprint density at radius 1 is 1.07 bits per heavy atom.